The van der Waals surface area contributed by atoms with Crippen molar-refractivity contribution in [1.82, 2.24) is 0 Å². The van der Waals surface area contributed by atoms with E-state index in [9.17, 15) is 0 Å². The molecule has 0 rings (SSSR count). The molecule has 0 aliphatic rings. The van der Waals surface area contributed by atoms with Gasteiger partial charge in [-0.25, -0.2) is 0 Å². The summed E-state index contributed by atoms with van der Waals surface area (Å²) in [6.07, 6.45) is 1.50. The van der Waals surface area contributed by atoms with Crippen LogP contribution in [-0.2, 0) is 4.74 Å². The fourth-order valence-corrected chi connectivity index (χ4v) is 0.330. The molecule has 9 heavy (non-hydrogen) atoms. The fraction of sp³-hybridized carbons (Fsp3) is 0.286. The first-order valence-corrected chi connectivity index (χ1v) is 2.75. The highest BCUT2D eigenvalue weighted by Gasteiger charge is 1.95. The SMILES string of the molecule is C=CC(=C)C(=N)OCC. The summed E-state index contributed by atoms with van der Waals surface area (Å²) in [5.41, 5.74) is 0.525. The molecule has 1 N–H and O–H groups in total. The first kappa shape index (κ1) is 7.95. The quantitative estimate of drug-likeness (QED) is 0.348. The molecule has 50 valence electrons. The summed E-state index contributed by atoms with van der Waals surface area (Å²) in [7, 11) is 0. The van der Waals surface area contributed by atoms with Crippen molar-refractivity contribution in [3.05, 3.63) is 24.8 Å². The van der Waals surface area contributed by atoms with Crippen molar-refractivity contribution in [1.29, 1.82) is 5.41 Å². The summed E-state index contributed by atoms with van der Waals surface area (Å²) in [4.78, 5) is 0. The monoisotopic (exact) mass is 125 g/mol. The van der Waals surface area contributed by atoms with Crippen LogP contribution < -0.4 is 0 Å². The molecule has 0 saturated heterocycles. The van der Waals surface area contributed by atoms with Crippen molar-refractivity contribution in [3.63, 3.8) is 0 Å². The van der Waals surface area contributed by atoms with Crippen molar-refractivity contribution in [2.75, 3.05) is 6.61 Å². The molecule has 0 aliphatic heterocycles. The highest BCUT2D eigenvalue weighted by atomic mass is 16.5. The van der Waals surface area contributed by atoms with Gasteiger partial charge in [-0.2, -0.15) is 0 Å². The van der Waals surface area contributed by atoms with Gasteiger partial charge in [0.25, 0.3) is 0 Å². The van der Waals surface area contributed by atoms with E-state index in [1.165, 1.54) is 6.08 Å². The molecule has 0 aromatic carbocycles. The van der Waals surface area contributed by atoms with E-state index in [2.05, 4.69) is 13.2 Å². The third-order valence-corrected chi connectivity index (χ3v) is 0.827. The van der Waals surface area contributed by atoms with E-state index in [-0.39, 0.29) is 5.90 Å². The number of hydrogen-bond donors (Lipinski definition) is 1. The summed E-state index contributed by atoms with van der Waals surface area (Å²) < 4.78 is 4.81. The van der Waals surface area contributed by atoms with Crippen LogP contribution in [0.5, 0.6) is 0 Å². The van der Waals surface area contributed by atoms with Gasteiger partial charge in [-0.15, -0.1) is 0 Å². The van der Waals surface area contributed by atoms with E-state index >= 15 is 0 Å². The Balaban J connectivity index is 3.73. The predicted molar refractivity (Wildman–Crippen MR) is 38.7 cm³/mol. The zero-order valence-electron chi connectivity index (χ0n) is 5.61. The maximum atomic E-state index is 7.10. The van der Waals surface area contributed by atoms with Crippen LogP contribution >= 0.6 is 0 Å². The molecule has 0 spiro atoms. The van der Waals surface area contributed by atoms with E-state index in [1.54, 1.807) is 0 Å². The van der Waals surface area contributed by atoms with Crippen LogP contribution in [0.25, 0.3) is 0 Å². The van der Waals surface area contributed by atoms with Crippen LogP contribution in [0.1, 0.15) is 6.92 Å². The van der Waals surface area contributed by atoms with E-state index in [4.69, 9.17) is 10.1 Å². The number of rotatable bonds is 3. The van der Waals surface area contributed by atoms with Gasteiger partial charge in [0.05, 0.1) is 6.61 Å². The topological polar surface area (TPSA) is 33.1 Å². The largest absolute Gasteiger partial charge is 0.478 e. The summed E-state index contributed by atoms with van der Waals surface area (Å²) in [5.74, 6) is 0.104. The Bertz CT molecular complexity index is 138. The first-order chi connectivity index (χ1) is 4.22. The minimum Gasteiger partial charge on any atom is -0.478 e. The number of nitrogens with one attached hydrogen (secondary N) is 1. The van der Waals surface area contributed by atoms with Crippen molar-refractivity contribution >= 4 is 5.90 Å². The Kier molecular flexibility index (Phi) is 3.44. The van der Waals surface area contributed by atoms with Crippen LogP contribution in [0, 0.1) is 5.41 Å². The molecule has 0 saturated carbocycles. The van der Waals surface area contributed by atoms with Crippen LogP contribution in [0.3, 0.4) is 0 Å². The van der Waals surface area contributed by atoms with Gasteiger partial charge in [0.1, 0.15) is 0 Å². The van der Waals surface area contributed by atoms with E-state index < -0.39 is 0 Å². The minimum atomic E-state index is 0.104. The first-order valence-electron chi connectivity index (χ1n) is 2.75. The Hall–Kier alpha value is -1.05. The lowest BCUT2D eigenvalue weighted by Crippen LogP contribution is -2.03. The highest BCUT2D eigenvalue weighted by molar-refractivity contribution is 5.92. The Morgan fingerprint density at radius 1 is 1.78 bits per heavy atom. The Morgan fingerprint density at radius 2 is 2.33 bits per heavy atom. The lowest BCUT2D eigenvalue weighted by atomic mass is 10.3. The molecule has 0 bridgehead atoms. The van der Waals surface area contributed by atoms with E-state index in [1.807, 2.05) is 6.92 Å². The fourth-order valence-electron chi connectivity index (χ4n) is 0.330. The molecule has 0 radical (unpaired) electrons. The molecular weight excluding hydrogens is 114 g/mol. The van der Waals surface area contributed by atoms with Crippen molar-refractivity contribution < 1.29 is 4.74 Å². The molecule has 0 atom stereocenters. The molecule has 0 aliphatic carbocycles. The van der Waals surface area contributed by atoms with Crippen LogP contribution in [-0.4, -0.2) is 12.5 Å². The van der Waals surface area contributed by atoms with Gasteiger partial charge in [0, 0.05) is 5.57 Å². The summed E-state index contributed by atoms with van der Waals surface area (Å²) in [6, 6.07) is 0. The van der Waals surface area contributed by atoms with Gasteiger partial charge in [0.15, 0.2) is 0 Å². The van der Waals surface area contributed by atoms with E-state index in [0.29, 0.717) is 12.2 Å². The standard InChI is InChI=1S/C7H11NO/c1-4-6(3)7(8)9-5-2/h4,8H,1,3,5H2,2H3. The predicted octanol–water partition coefficient (Wildman–Crippen LogP) is 1.74. The second kappa shape index (κ2) is 3.89. The van der Waals surface area contributed by atoms with Gasteiger partial charge in [-0.1, -0.05) is 19.2 Å². The maximum Gasteiger partial charge on any atom is 0.212 e. The molecule has 0 aromatic rings. The molecule has 0 heterocycles. The third-order valence-electron chi connectivity index (χ3n) is 0.827. The third kappa shape index (κ3) is 2.69. The summed E-state index contributed by atoms with van der Waals surface area (Å²) >= 11 is 0. The molecular formula is C7H11NO. The van der Waals surface area contributed by atoms with Gasteiger partial charge >= 0.3 is 0 Å². The number of hydrogen-bond acceptors (Lipinski definition) is 2. The lowest BCUT2D eigenvalue weighted by molar-refractivity contribution is 0.325. The summed E-state index contributed by atoms with van der Waals surface area (Å²) in [6.45, 7) is 9.30. The van der Waals surface area contributed by atoms with Crippen LogP contribution in [0.4, 0.5) is 0 Å². The van der Waals surface area contributed by atoms with Gasteiger partial charge in [-0.05, 0) is 6.92 Å². The Morgan fingerprint density at radius 3 is 2.67 bits per heavy atom. The van der Waals surface area contributed by atoms with Gasteiger partial charge < -0.3 is 4.74 Å². The molecule has 0 amide bonds. The van der Waals surface area contributed by atoms with Crippen LogP contribution in [0.2, 0.25) is 0 Å². The molecule has 0 unspecified atom stereocenters. The average molecular weight is 125 g/mol. The van der Waals surface area contributed by atoms with E-state index in [0.717, 1.165) is 0 Å². The molecule has 2 heteroatoms. The zero-order chi connectivity index (χ0) is 7.28. The molecule has 0 aromatic heterocycles. The highest BCUT2D eigenvalue weighted by Crippen LogP contribution is 1.94. The normalized spacial score (nSPS) is 8.11. The molecule has 2 nitrogen and oxygen atoms in total. The van der Waals surface area contributed by atoms with Crippen molar-refractivity contribution in [2.45, 2.75) is 6.92 Å². The van der Waals surface area contributed by atoms with Gasteiger partial charge in [0.2, 0.25) is 5.90 Å². The second-order valence-corrected chi connectivity index (χ2v) is 1.49. The van der Waals surface area contributed by atoms with Crippen molar-refractivity contribution in [2.24, 2.45) is 0 Å². The Labute approximate surface area is 55.3 Å². The number of ether oxygens (including phenoxy) is 1. The van der Waals surface area contributed by atoms with Gasteiger partial charge in [-0.3, -0.25) is 5.41 Å². The second-order valence-electron chi connectivity index (χ2n) is 1.49. The smallest absolute Gasteiger partial charge is 0.212 e. The van der Waals surface area contributed by atoms with Crippen LogP contribution in [0.15, 0.2) is 24.8 Å². The minimum absolute atomic E-state index is 0.104. The zero-order valence-corrected chi connectivity index (χ0v) is 5.61. The lowest BCUT2D eigenvalue weighted by Gasteiger charge is -2.01. The maximum absolute atomic E-state index is 7.10. The van der Waals surface area contributed by atoms with Crippen molar-refractivity contribution in [3.8, 4) is 0 Å². The average Bonchev–Trinajstić information content (AvgIpc) is 1.87. The molecule has 0 fully saturated rings. The summed E-state index contributed by atoms with van der Waals surface area (Å²) in [5, 5.41) is 7.10.